The molecular formula is C5H12N2O. The molecule has 3 N–H and O–H groups in total. The molecule has 0 aromatic heterocycles. The second-order valence-electron chi connectivity index (χ2n) is 1.90. The van der Waals surface area contributed by atoms with E-state index in [4.69, 9.17) is 5.73 Å². The Morgan fingerprint density at radius 1 is 1.75 bits per heavy atom. The van der Waals surface area contributed by atoms with Gasteiger partial charge in [0.2, 0.25) is 5.91 Å². The van der Waals surface area contributed by atoms with Crippen molar-refractivity contribution in [2.24, 2.45) is 11.7 Å². The van der Waals surface area contributed by atoms with Crippen molar-refractivity contribution in [1.82, 2.24) is 5.32 Å². The van der Waals surface area contributed by atoms with Gasteiger partial charge >= 0.3 is 0 Å². The van der Waals surface area contributed by atoms with Crippen LogP contribution in [0.5, 0.6) is 0 Å². The van der Waals surface area contributed by atoms with Crippen molar-refractivity contribution in [2.75, 3.05) is 6.67 Å². The smallest absolute Gasteiger partial charge is 0.223 e. The highest BCUT2D eigenvalue weighted by Crippen LogP contribution is 1.87. The first-order valence-corrected chi connectivity index (χ1v) is 2.66. The Labute approximate surface area is 49.3 Å². The largest absolute Gasteiger partial charge is 0.344 e. The first-order valence-electron chi connectivity index (χ1n) is 2.66. The lowest BCUT2D eigenvalue weighted by Gasteiger charge is -2.02. The van der Waals surface area contributed by atoms with Crippen LogP contribution in [-0.4, -0.2) is 12.6 Å². The Kier molecular flexibility index (Phi) is 3.19. The predicted molar refractivity (Wildman–Crippen MR) is 32.0 cm³/mol. The normalized spacial score (nSPS) is 9.50. The van der Waals surface area contributed by atoms with Gasteiger partial charge in [0.1, 0.15) is 0 Å². The molecule has 0 aliphatic rings. The fourth-order valence-electron chi connectivity index (χ4n) is 0.305. The number of carbonyl (C=O) groups is 1. The summed E-state index contributed by atoms with van der Waals surface area (Å²) in [4.78, 5) is 10.6. The molecule has 0 bridgehead atoms. The van der Waals surface area contributed by atoms with Crippen LogP contribution >= 0.6 is 0 Å². The average Bonchev–Trinajstić information content (AvgIpc) is 1.67. The van der Waals surface area contributed by atoms with Crippen LogP contribution in [0.4, 0.5) is 0 Å². The zero-order valence-corrected chi connectivity index (χ0v) is 5.27. The van der Waals surface area contributed by atoms with Gasteiger partial charge in [-0.2, -0.15) is 0 Å². The first kappa shape index (κ1) is 7.43. The Hall–Kier alpha value is -0.570. The summed E-state index contributed by atoms with van der Waals surface area (Å²) in [6, 6.07) is 0. The molecule has 3 heteroatoms. The Morgan fingerprint density at radius 3 is 2.38 bits per heavy atom. The van der Waals surface area contributed by atoms with Gasteiger partial charge in [0.25, 0.3) is 0 Å². The topological polar surface area (TPSA) is 55.1 Å². The van der Waals surface area contributed by atoms with E-state index in [1.807, 2.05) is 13.8 Å². The summed E-state index contributed by atoms with van der Waals surface area (Å²) in [6.45, 7) is 3.88. The van der Waals surface area contributed by atoms with Crippen LogP contribution in [0.3, 0.4) is 0 Å². The van der Waals surface area contributed by atoms with Crippen molar-refractivity contribution in [2.45, 2.75) is 13.8 Å². The molecule has 0 rings (SSSR count). The molecule has 0 heterocycles. The molecule has 0 aromatic carbocycles. The van der Waals surface area contributed by atoms with Crippen LogP contribution < -0.4 is 11.1 Å². The molecule has 0 atom stereocenters. The van der Waals surface area contributed by atoms with Crippen molar-refractivity contribution in [3.05, 3.63) is 0 Å². The molecule has 0 radical (unpaired) electrons. The molecule has 8 heavy (non-hydrogen) atoms. The summed E-state index contributed by atoms with van der Waals surface area (Å²) in [5.41, 5.74) is 5.04. The van der Waals surface area contributed by atoms with Crippen molar-refractivity contribution in [1.29, 1.82) is 0 Å². The number of nitrogens with two attached hydrogens (primary N) is 1. The molecule has 0 saturated heterocycles. The van der Waals surface area contributed by atoms with Gasteiger partial charge < -0.3 is 11.1 Å². The van der Waals surface area contributed by atoms with Crippen molar-refractivity contribution >= 4 is 5.91 Å². The van der Waals surface area contributed by atoms with Crippen LogP contribution in [-0.2, 0) is 4.79 Å². The highest BCUT2D eigenvalue weighted by molar-refractivity contribution is 5.77. The molecule has 1 amide bonds. The Balaban J connectivity index is 3.33. The molecule has 3 nitrogen and oxygen atoms in total. The maximum absolute atomic E-state index is 10.6. The quantitative estimate of drug-likeness (QED) is 0.485. The number of hydrogen-bond acceptors (Lipinski definition) is 2. The Morgan fingerprint density at radius 2 is 2.25 bits per heavy atom. The summed E-state index contributed by atoms with van der Waals surface area (Å²) in [5, 5.41) is 2.48. The third-order valence-electron chi connectivity index (χ3n) is 0.801. The van der Waals surface area contributed by atoms with E-state index in [-0.39, 0.29) is 18.5 Å². The first-order chi connectivity index (χ1) is 3.68. The number of carbonyl (C=O) groups excluding carboxylic acids is 1. The second-order valence-corrected chi connectivity index (χ2v) is 1.90. The van der Waals surface area contributed by atoms with Gasteiger partial charge in [-0.3, -0.25) is 4.79 Å². The molecular weight excluding hydrogens is 104 g/mol. The predicted octanol–water partition coefficient (Wildman–Crippen LogP) is -0.325. The van der Waals surface area contributed by atoms with Gasteiger partial charge in [-0.1, -0.05) is 13.8 Å². The van der Waals surface area contributed by atoms with Gasteiger partial charge in [-0.15, -0.1) is 0 Å². The van der Waals surface area contributed by atoms with E-state index >= 15 is 0 Å². The number of amides is 1. The summed E-state index contributed by atoms with van der Waals surface area (Å²) >= 11 is 0. The second kappa shape index (κ2) is 3.43. The van der Waals surface area contributed by atoms with E-state index < -0.39 is 0 Å². The minimum absolute atomic E-state index is 0.00694. The zero-order valence-electron chi connectivity index (χ0n) is 5.27. The third-order valence-corrected chi connectivity index (χ3v) is 0.801. The molecule has 48 valence electrons. The molecule has 0 unspecified atom stereocenters. The zero-order chi connectivity index (χ0) is 6.57. The van der Waals surface area contributed by atoms with Gasteiger partial charge in [0.15, 0.2) is 0 Å². The van der Waals surface area contributed by atoms with Crippen LogP contribution in [0.2, 0.25) is 0 Å². The Bertz CT molecular complexity index is 80.5. The number of rotatable bonds is 2. The summed E-state index contributed by atoms with van der Waals surface area (Å²) in [5.74, 6) is 0.0473. The van der Waals surface area contributed by atoms with Crippen LogP contribution in [0, 0.1) is 5.92 Å². The van der Waals surface area contributed by atoms with Crippen molar-refractivity contribution in [3.8, 4) is 0 Å². The lowest BCUT2D eigenvalue weighted by molar-refractivity contribution is -0.123. The van der Waals surface area contributed by atoms with Gasteiger partial charge in [-0.25, -0.2) is 0 Å². The van der Waals surface area contributed by atoms with Gasteiger partial charge in [0.05, 0.1) is 6.67 Å². The minimum Gasteiger partial charge on any atom is -0.344 e. The fraction of sp³-hybridized carbons (Fsp3) is 0.800. The standard InChI is InChI=1S/C5H12N2O/c1-4(2)5(8)7-3-6/h4H,3,6H2,1-2H3,(H,7,8). The van der Waals surface area contributed by atoms with E-state index in [1.54, 1.807) is 0 Å². The van der Waals surface area contributed by atoms with Crippen LogP contribution in [0.25, 0.3) is 0 Å². The SMILES string of the molecule is CC(C)C(=O)NCN. The summed E-state index contributed by atoms with van der Waals surface area (Å²) in [7, 11) is 0. The molecule has 0 aromatic rings. The van der Waals surface area contributed by atoms with E-state index in [0.29, 0.717) is 0 Å². The van der Waals surface area contributed by atoms with Crippen molar-refractivity contribution < 1.29 is 4.79 Å². The lowest BCUT2D eigenvalue weighted by atomic mass is 10.2. The van der Waals surface area contributed by atoms with E-state index in [0.717, 1.165) is 0 Å². The summed E-state index contributed by atoms with van der Waals surface area (Å²) < 4.78 is 0. The molecule has 0 fully saturated rings. The number of nitrogens with one attached hydrogen (secondary N) is 1. The third kappa shape index (κ3) is 2.58. The molecule has 0 saturated carbocycles. The van der Waals surface area contributed by atoms with Gasteiger partial charge in [0, 0.05) is 5.92 Å². The summed E-state index contributed by atoms with van der Waals surface area (Å²) in [6.07, 6.45) is 0. The van der Waals surface area contributed by atoms with Crippen molar-refractivity contribution in [3.63, 3.8) is 0 Å². The molecule has 0 aliphatic heterocycles. The van der Waals surface area contributed by atoms with Gasteiger partial charge in [-0.05, 0) is 0 Å². The van der Waals surface area contributed by atoms with Crippen LogP contribution in [0.15, 0.2) is 0 Å². The highest BCUT2D eigenvalue weighted by Gasteiger charge is 2.02. The number of hydrogen-bond donors (Lipinski definition) is 2. The average molecular weight is 116 g/mol. The van der Waals surface area contributed by atoms with Crippen LogP contribution in [0.1, 0.15) is 13.8 Å². The fourth-order valence-corrected chi connectivity index (χ4v) is 0.305. The maximum atomic E-state index is 10.6. The highest BCUT2D eigenvalue weighted by atomic mass is 16.1. The monoisotopic (exact) mass is 116 g/mol. The molecule has 0 aliphatic carbocycles. The molecule has 0 spiro atoms. The van der Waals surface area contributed by atoms with E-state index in [9.17, 15) is 4.79 Å². The van der Waals surface area contributed by atoms with E-state index in [2.05, 4.69) is 5.32 Å². The van der Waals surface area contributed by atoms with E-state index in [1.165, 1.54) is 0 Å². The maximum Gasteiger partial charge on any atom is 0.223 e. The lowest BCUT2D eigenvalue weighted by Crippen LogP contribution is -2.32. The minimum atomic E-state index is 0.00694.